The Morgan fingerprint density at radius 3 is 2.29 bits per heavy atom. The highest BCUT2D eigenvalue weighted by Crippen LogP contribution is 2.44. The van der Waals surface area contributed by atoms with Crippen molar-refractivity contribution < 1.29 is 33.6 Å². The summed E-state index contributed by atoms with van der Waals surface area (Å²) >= 11 is 0. The number of rotatable bonds is 12. The van der Waals surface area contributed by atoms with Crippen molar-refractivity contribution in [3.8, 4) is 17.2 Å². The number of aliphatic hydroxyl groups is 1. The van der Waals surface area contributed by atoms with Crippen molar-refractivity contribution in [1.82, 2.24) is 4.90 Å². The second-order valence-corrected chi connectivity index (χ2v) is 8.17. The number of hydrogen-bond donors (Lipinski definition) is 1. The molecule has 0 bridgehead atoms. The van der Waals surface area contributed by atoms with Crippen LogP contribution in [-0.4, -0.2) is 62.8 Å². The maximum absolute atomic E-state index is 13.2. The molecule has 188 valence electrons. The van der Waals surface area contributed by atoms with E-state index in [4.69, 9.17) is 18.9 Å². The van der Waals surface area contributed by atoms with Crippen LogP contribution in [0.3, 0.4) is 0 Å². The van der Waals surface area contributed by atoms with Gasteiger partial charge in [0.15, 0.2) is 0 Å². The van der Waals surface area contributed by atoms with Gasteiger partial charge in [0.25, 0.3) is 11.7 Å². The number of aliphatic hydroxyl groups excluding tert-OH is 1. The first-order valence-electron chi connectivity index (χ1n) is 11.7. The molecule has 1 atom stereocenters. The molecular weight excluding hydrogens is 450 g/mol. The fourth-order valence-electron chi connectivity index (χ4n) is 4.07. The molecule has 35 heavy (non-hydrogen) atoms. The van der Waals surface area contributed by atoms with Gasteiger partial charge < -0.3 is 29.0 Å². The Bertz CT molecular complexity index is 1060. The minimum Gasteiger partial charge on any atom is -0.507 e. The summed E-state index contributed by atoms with van der Waals surface area (Å²) in [4.78, 5) is 27.7. The highest BCUT2D eigenvalue weighted by molar-refractivity contribution is 6.46. The quantitative estimate of drug-likeness (QED) is 0.208. The summed E-state index contributed by atoms with van der Waals surface area (Å²) in [6.45, 7) is 3.38. The monoisotopic (exact) mass is 483 g/mol. The third-order valence-electron chi connectivity index (χ3n) is 5.91. The molecule has 3 rings (SSSR count). The average Bonchev–Trinajstić information content (AvgIpc) is 3.13. The Kier molecular flexibility index (Phi) is 9.14. The van der Waals surface area contributed by atoms with Gasteiger partial charge in [-0.05, 0) is 55.3 Å². The van der Waals surface area contributed by atoms with Crippen LogP contribution in [0.15, 0.2) is 48.0 Å². The lowest BCUT2D eigenvalue weighted by atomic mass is 9.94. The molecular formula is C27H33NO7. The lowest BCUT2D eigenvalue weighted by molar-refractivity contribution is -0.140. The number of nitrogens with zero attached hydrogens (tertiary/aromatic N) is 1. The van der Waals surface area contributed by atoms with Crippen molar-refractivity contribution in [2.75, 3.05) is 41.1 Å². The van der Waals surface area contributed by atoms with E-state index in [-0.39, 0.29) is 17.9 Å². The Morgan fingerprint density at radius 1 is 0.943 bits per heavy atom. The number of Topliss-reactive ketones (excluding diaryl/α,β-unsaturated/α-hetero) is 1. The summed E-state index contributed by atoms with van der Waals surface area (Å²) in [5, 5.41) is 11.3. The second kappa shape index (κ2) is 12.3. The van der Waals surface area contributed by atoms with Crippen LogP contribution >= 0.6 is 0 Å². The predicted octanol–water partition coefficient (Wildman–Crippen LogP) is 4.34. The van der Waals surface area contributed by atoms with E-state index in [9.17, 15) is 14.7 Å². The van der Waals surface area contributed by atoms with Gasteiger partial charge >= 0.3 is 0 Å². The summed E-state index contributed by atoms with van der Waals surface area (Å²) in [6.07, 6.45) is 2.49. The van der Waals surface area contributed by atoms with Gasteiger partial charge in [-0.15, -0.1) is 0 Å². The van der Waals surface area contributed by atoms with E-state index in [0.717, 1.165) is 12.8 Å². The zero-order valence-electron chi connectivity index (χ0n) is 20.7. The fraction of sp³-hybridized carbons (Fsp3) is 0.407. The van der Waals surface area contributed by atoms with Crippen LogP contribution in [0.2, 0.25) is 0 Å². The molecule has 0 spiro atoms. The first-order valence-corrected chi connectivity index (χ1v) is 11.7. The molecule has 1 amide bonds. The number of hydrogen-bond acceptors (Lipinski definition) is 7. The third-order valence-corrected chi connectivity index (χ3v) is 5.91. The minimum absolute atomic E-state index is 0.00128. The van der Waals surface area contributed by atoms with E-state index in [1.165, 1.54) is 19.1 Å². The lowest BCUT2D eigenvalue weighted by Crippen LogP contribution is -2.31. The molecule has 1 aliphatic heterocycles. The van der Waals surface area contributed by atoms with Gasteiger partial charge in [-0.2, -0.15) is 0 Å². The molecule has 0 aromatic heterocycles. The molecule has 2 aromatic rings. The Morgan fingerprint density at radius 2 is 1.66 bits per heavy atom. The number of unbranched alkanes of at least 4 members (excludes halogenated alkanes) is 1. The number of carbonyl (C=O) groups excluding carboxylic acids is 2. The van der Waals surface area contributed by atoms with Gasteiger partial charge in [-0.25, -0.2) is 0 Å². The zero-order chi connectivity index (χ0) is 25.4. The maximum Gasteiger partial charge on any atom is 0.295 e. The molecule has 0 radical (unpaired) electrons. The number of ether oxygens (including phenoxy) is 4. The van der Waals surface area contributed by atoms with Crippen LogP contribution in [0.1, 0.15) is 43.4 Å². The standard InChI is InChI=1S/C27H33NO7/c1-5-6-16-35-19-10-8-18(9-11-19)25(29)23-24(21-17-20(33-3)12-13-22(21)34-4)28(14-7-15-32-2)27(31)26(23)30/h8-13,17,24,29H,5-7,14-16H2,1-4H3/b25-23+. The Hall–Kier alpha value is -3.52. The summed E-state index contributed by atoms with van der Waals surface area (Å²) in [6, 6.07) is 11.1. The molecule has 8 heteroatoms. The van der Waals surface area contributed by atoms with Crippen LogP contribution in [0.5, 0.6) is 17.2 Å². The van der Waals surface area contributed by atoms with E-state index >= 15 is 0 Å². The molecule has 1 fully saturated rings. The number of methoxy groups -OCH3 is 3. The van der Waals surface area contributed by atoms with Crippen LogP contribution in [-0.2, 0) is 14.3 Å². The summed E-state index contributed by atoms with van der Waals surface area (Å²) in [5.74, 6) is -0.0133. The molecule has 1 heterocycles. The zero-order valence-corrected chi connectivity index (χ0v) is 20.7. The first-order chi connectivity index (χ1) is 17.0. The number of amides is 1. The van der Waals surface area contributed by atoms with Gasteiger partial charge in [0.1, 0.15) is 23.0 Å². The molecule has 2 aromatic carbocycles. The molecule has 1 N–H and O–H groups in total. The van der Waals surface area contributed by atoms with E-state index in [2.05, 4.69) is 6.92 Å². The largest absolute Gasteiger partial charge is 0.507 e. The second-order valence-electron chi connectivity index (χ2n) is 8.17. The number of likely N-dealkylation sites (tertiary alicyclic amines) is 1. The summed E-state index contributed by atoms with van der Waals surface area (Å²) < 4.78 is 21.8. The summed E-state index contributed by atoms with van der Waals surface area (Å²) in [7, 11) is 4.62. The Balaban J connectivity index is 2.09. The molecule has 1 aliphatic rings. The SMILES string of the molecule is CCCCOc1ccc(/C(O)=C2\C(=O)C(=O)N(CCCOC)C2c2cc(OC)ccc2OC)cc1. The van der Waals surface area contributed by atoms with Crippen molar-refractivity contribution >= 4 is 17.4 Å². The van der Waals surface area contributed by atoms with Gasteiger partial charge in [-0.3, -0.25) is 9.59 Å². The molecule has 0 aliphatic carbocycles. The van der Waals surface area contributed by atoms with Crippen LogP contribution < -0.4 is 14.2 Å². The molecule has 1 saturated heterocycles. The maximum atomic E-state index is 13.2. The molecule has 1 unspecified atom stereocenters. The van der Waals surface area contributed by atoms with E-state index in [1.807, 2.05) is 0 Å². The number of carbonyl (C=O) groups is 2. The van der Waals surface area contributed by atoms with Crippen molar-refractivity contribution in [3.63, 3.8) is 0 Å². The fourth-order valence-corrected chi connectivity index (χ4v) is 4.07. The number of ketones is 1. The van der Waals surface area contributed by atoms with E-state index < -0.39 is 17.7 Å². The van der Waals surface area contributed by atoms with Crippen molar-refractivity contribution in [2.45, 2.75) is 32.2 Å². The van der Waals surface area contributed by atoms with Crippen LogP contribution in [0.25, 0.3) is 5.76 Å². The highest BCUT2D eigenvalue weighted by atomic mass is 16.5. The van der Waals surface area contributed by atoms with E-state index in [1.54, 1.807) is 49.6 Å². The Labute approximate surface area is 206 Å². The van der Waals surface area contributed by atoms with Crippen LogP contribution in [0.4, 0.5) is 0 Å². The lowest BCUT2D eigenvalue weighted by Gasteiger charge is -2.27. The highest BCUT2D eigenvalue weighted by Gasteiger charge is 2.47. The van der Waals surface area contributed by atoms with Crippen LogP contribution in [0, 0.1) is 0 Å². The van der Waals surface area contributed by atoms with Crippen molar-refractivity contribution in [1.29, 1.82) is 0 Å². The molecule has 8 nitrogen and oxygen atoms in total. The number of benzene rings is 2. The average molecular weight is 484 g/mol. The normalized spacial score (nSPS) is 17.0. The van der Waals surface area contributed by atoms with Gasteiger partial charge in [0.2, 0.25) is 0 Å². The van der Waals surface area contributed by atoms with Gasteiger partial charge in [-0.1, -0.05) is 13.3 Å². The summed E-state index contributed by atoms with van der Waals surface area (Å²) in [5.41, 5.74) is 0.956. The van der Waals surface area contributed by atoms with Crippen molar-refractivity contribution in [3.05, 3.63) is 59.2 Å². The van der Waals surface area contributed by atoms with Gasteiger partial charge in [0.05, 0.1) is 32.4 Å². The predicted molar refractivity (Wildman–Crippen MR) is 132 cm³/mol. The third kappa shape index (κ3) is 5.77. The topological polar surface area (TPSA) is 94.5 Å². The van der Waals surface area contributed by atoms with Crippen molar-refractivity contribution in [2.24, 2.45) is 0 Å². The van der Waals surface area contributed by atoms with Gasteiger partial charge in [0, 0.05) is 31.4 Å². The smallest absolute Gasteiger partial charge is 0.295 e. The first kappa shape index (κ1) is 26.1. The minimum atomic E-state index is -0.850. The molecule has 0 saturated carbocycles. The van der Waals surface area contributed by atoms with E-state index in [0.29, 0.717) is 48.0 Å².